The van der Waals surface area contributed by atoms with Crippen molar-refractivity contribution in [3.05, 3.63) is 0 Å². The van der Waals surface area contributed by atoms with E-state index in [1.165, 1.54) is 6.92 Å². The molecule has 20 heavy (non-hydrogen) atoms. The molecule has 1 atom stereocenters. The predicted molar refractivity (Wildman–Crippen MR) is 64.6 cm³/mol. The molecule has 0 aliphatic rings. The lowest BCUT2D eigenvalue weighted by molar-refractivity contribution is -0.189. The highest BCUT2D eigenvalue weighted by Gasteiger charge is 2.48. The molecule has 1 N–H and O–H groups in total. The minimum absolute atomic E-state index is 0.0465. The molecule has 8 nitrogen and oxygen atoms in total. The average molecular weight is 290 g/mol. The Morgan fingerprint density at radius 2 is 1.55 bits per heavy atom. The van der Waals surface area contributed by atoms with Gasteiger partial charge in [-0.1, -0.05) is 0 Å². The fourth-order valence-corrected chi connectivity index (χ4v) is 1.55. The van der Waals surface area contributed by atoms with Crippen molar-refractivity contribution in [2.45, 2.75) is 39.2 Å². The Balaban J connectivity index is 5.39. The van der Waals surface area contributed by atoms with Gasteiger partial charge in [-0.05, 0) is 13.8 Å². The third-order valence-corrected chi connectivity index (χ3v) is 2.16. The summed E-state index contributed by atoms with van der Waals surface area (Å²) in [5.41, 5.74) is -2.21. The van der Waals surface area contributed by atoms with Crippen molar-refractivity contribution in [1.29, 1.82) is 0 Å². The highest BCUT2D eigenvalue weighted by atomic mass is 16.6. The molecule has 114 valence electrons. The number of carboxylic acid groups (broad SMARTS) is 1. The molecule has 1 unspecified atom stereocenters. The molecule has 0 saturated heterocycles. The van der Waals surface area contributed by atoms with E-state index < -0.39 is 42.3 Å². The zero-order valence-electron chi connectivity index (χ0n) is 11.6. The molecule has 0 aliphatic carbocycles. The monoisotopic (exact) mass is 290 g/mol. The van der Waals surface area contributed by atoms with Gasteiger partial charge >= 0.3 is 23.9 Å². The zero-order chi connectivity index (χ0) is 15.8. The number of esters is 3. The Labute approximate surface area is 116 Å². The second kappa shape index (κ2) is 8.13. The molecule has 0 heterocycles. The Morgan fingerprint density at radius 1 is 1.00 bits per heavy atom. The van der Waals surface area contributed by atoms with Crippen LogP contribution in [0.3, 0.4) is 0 Å². The first-order chi connectivity index (χ1) is 9.27. The maximum atomic E-state index is 11.9. The fraction of sp³-hybridized carbons (Fsp3) is 0.667. The number of carboxylic acids is 1. The van der Waals surface area contributed by atoms with Gasteiger partial charge < -0.3 is 19.3 Å². The van der Waals surface area contributed by atoms with Gasteiger partial charge in [0.15, 0.2) is 0 Å². The standard InChI is InChI=1S/C12H18O8/c1-4-18-10(16)7-12(6-9(14)15,20-8(3)13)11(17)19-5-2/h4-7H2,1-3H3,(H,14,15). The molecule has 0 spiro atoms. The van der Waals surface area contributed by atoms with Crippen LogP contribution in [0.15, 0.2) is 0 Å². The van der Waals surface area contributed by atoms with Gasteiger partial charge in [0.25, 0.3) is 0 Å². The summed E-state index contributed by atoms with van der Waals surface area (Å²) in [7, 11) is 0. The third kappa shape index (κ3) is 5.68. The molecule has 8 heteroatoms. The van der Waals surface area contributed by atoms with Crippen LogP contribution in [0.5, 0.6) is 0 Å². The van der Waals surface area contributed by atoms with Crippen molar-refractivity contribution in [1.82, 2.24) is 0 Å². The van der Waals surface area contributed by atoms with Crippen molar-refractivity contribution < 1.29 is 38.5 Å². The summed E-state index contributed by atoms with van der Waals surface area (Å²) in [6.45, 7) is 4.05. The van der Waals surface area contributed by atoms with E-state index in [1.54, 1.807) is 6.92 Å². The van der Waals surface area contributed by atoms with Gasteiger partial charge in [-0.2, -0.15) is 0 Å². The van der Waals surface area contributed by atoms with Gasteiger partial charge in [-0.15, -0.1) is 0 Å². The van der Waals surface area contributed by atoms with Crippen molar-refractivity contribution in [2.75, 3.05) is 13.2 Å². The zero-order valence-corrected chi connectivity index (χ0v) is 11.6. The van der Waals surface area contributed by atoms with Crippen molar-refractivity contribution in [3.63, 3.8) is 0 Å². The Kier molecular flexibility index (Phi) is 7.27. The van der Waals surface area contributed by atoms with E-state index in [0.717, 1.165) is 6.92 Å². The summed E-state index contributed by atoms with van der Waals surface area (Å²) in [6, 6.07) is 0. The minimum atomic E-state index is -2.21. The molecule has 0 amide bonds. The Bertz CT molecular complexity index is 371. The van der Waals surface area contributed by atoms with E-state index >= 15 is 0 Å². The summed E-state index contributed by atoms with van der Waals surface area (Å²) in [5.74, 6) is -4.26. The molecule has 0 rings (SSSR count). The van der Waals surface area contributed by atoms with E-state index in [4.69, 9.17) is 14.6 Å². The maximum absolute atomic E-state index is 11.9. The number of rotatable bonds is 8. The van der Waals surface area contributed by atoms with Gasteiger partial charge in [0.1, 0.15) is 0 Å². The summed E-state index contributed by atoms with van der Waals surface area (Å²) in [6.07, 6.45) is -1.60. The van der Waals surface area contributed by atoms with Gasteiger partial charge in [-0.3, -0.25) is 14.4 Å². The first-order valence-electron chi connectivity index (χ1n) is 6.01. The van der Waals surface area contributed by atoms with Gasteiger partial charge in [0.2, 0.25) is 5.60 Å². The van der Waals surface area contributed by atoms with Crippen LogP contribution >= 0.6 is 0 Å². The summed E-state index contributed by atoms with van der Waals surface area (Å²) in [4.78, 5) is 45.4. The largest absolute Gasteiger partial charge is 0.481 e. The second-order valence-corrected chi connectivity index (χ2v) is 3.86. The molecule has 0 aromatic heterocycles. The lowest BCUT2D eigenvalue weighted by Gasteiger charge is -2.28. The molecule has 0 aliphatic heterocycles. The molecule has 0 radical (unpaired) electrons. The highest BCUT2D eigenvalue weighted by Crippen LogP contribution is 2.24. The Hall–Kier alpha value is -2.12. The molecular weight excluding hydrogens is 272 g/mol. The van der Waals surface area contributed by atoms with Crippen LogP contribution < -0.4 is 0 Å². The number of hydrogen-bond donors (Lipinski definition) is 1. The first-order valence-corrected chi connectivity index (χ1v) is 6.01. The number of aliphatic carboxylic acids is 1. The van der Waals surface area contributed by atoms with Gasteiger partial charge in [0, 0.05) is 6.92 Å². The molecule has 0 aromatic carbocycles. The van der Waals surface area contributed by atoms with Gasteiger partial charge in [-0.25, -0.2) is 4.79 Å². The Morgan fingerprint density at radius 3 is 1.95 bits per heavy atom. The van der Waals surface area contributed by atoms with Crippen LogP contribution in [0.4, 0.5) is 0 Å². The van der Waals surface area contributed by atoms with E-state index in [1.807, 2.05) is 0 Å². The molecule has 0 aromatic rings. The normalized spacial score (nSPS) is 12.9. The lowest BCUT2D eigenvalue weighted by atomic mass is 9.95. The highest BCUT2D eigenvalue weighted by molar-refractivity contribution is 5.91. The van der Waals surface area contributed by atoms with Crippen molar-refractivity contribution in [2.24, 2.45) is 0 Å². The SMILES string of the molecule is CCOC(=O)CC(CC(=O)O)(OC(C)=O)C(=O)OCC. The van der Waals surface area contributed by atoms with E-state index in [-0.39, 0.29) is 13.2 Å². The van der Waals surface area contributed by atoms with Gasteiger partial charge in [0.05, 0.1) is 26.1 Å². The second-order valence-electron chi connectivity index (χ2n) is 3.86. The van der Waals surface area contributed by atoms with Crippen LogP contribution in [-0.2, 0) is 33.4 Å². The molecule has 0 saturated carbocycles. The molecule has 0 bridgehead atoms. The quantitative estimate of drug-likeness (QED) is 0.500. The number of ether oxygens (including phenoxy) is 3. The summed E-state index contributed by atoms with van der Waals surface area (Å²) in [5, 5.41) is 8.87. The number of carbonyl (C=O) groups excluding carboxylic acids is 3. The van der Waals surface area contributed by atoms with Crippen LogP contribution in [0, 0.1) is 0 Å². The van der Waals surface area contributed by atoms with Crippen molar-refractivity contribution >= 4 is 23.9 Å². The number of hydrogen-bond acceptors (Lipinski definition) is 7. The van der Waals surface area contributed by atoms with Crippen molar-refractivity contribution in [3.8, 4) is 0 Å². The van der Waals surface area contributed by atoms with Crippen LogP contribution in [0.1, 0.15) is 33.6 Å². The summed E-state index contributed by atoms with van der Waals surface area (Å²) >= 11 is 0. The number of carbonyl (C=O) groups is 4. The van der Waals surface area contributed by atoms with Crippen LogP contribution in [-0.4, -0.2) is 47.8 Å². The minimum Gasteiger partial charge on any atom is -0.481 e. The summed E-state index contributed by atoms with van der Waals surface area (Å²) < 4.78 is 14.1. The van der Waals surface area contributed by atoms with E-state index in [9.17, 15) is 19.2 Å². The average Bonchev–Trinajstić information content (AvgIpc) is 2.27. The third-order valence-electron chi connectivity index (χ3n) is 2.16. The van der Waals surface area contributed by atoms with E-state index in [2.05, 4.69) is 4.74 Å². The molecule has 0 fully saturated rings. The maximum Gasteiger partial charge on any atom is 0.351 e. The smallest absolute Gasteiger partial charge is 0.351 e. The molecular formula is C12H18O8. The topological polar surface area (TPSA) is 116 Å². The first kappa shape index (κ1) is 17.9. The predicted octanol–water partition coefficient (Wildman–Crippen LogP) is 0.279. The lowest BCUT2D eigenvalue weighted by Crippen LogP contribution is -2.48. The van der Waals surface area contributed by atoms with E-state index in [0.29, 0.717) is 0 Å². The fourth-order valence-electron chi connectivity index (χ4n) is 1.55. The van der Waals surface area contributed by atoms with Crippen LogP contribution in [0.2, 0.25) is 0 Å². The van der Waals surface area contributed by atoms with Crippen LogP contribution in [0.25, 0.3) is 0 Å².